The van der Waals surface area contributed by atoms with Crippen LogP contribution in [0.3, 0.4) is 0 Å². The Bertz CT molecular complexity index is 1030. The minimum Gasteiger partial charge on any atom is -0.368 e. The van der Waals surface area contributed by atoms with Gasteiger partial charge in [-0.3, -0.25) is 14.4 Å². The molecule has 1 aliphatic heterocycles. The van der Waals surface area contributed by atoms with Gasteiger partial charge in [-0.25, -0.2) is 0 Å². The molecule has 9 nitrogen and oxygen atoms in total. The van der Waals surface area contributed by atoms with Gasteiger partial charge in [-0.15, -0.1) is 0 Å². The number of hydrogen-bond donors (Lipinski definition) is 1. The van der Waals surface area contributed by atoms with Crippen molar-refractivity contribution in [3.8, 4) is 0 Å². The minimum atomic E-state index is -0.576. The normalized spacial score (nSPS) is 18.1. The quantitative estimate of drug-likeness (QED) is 0.478. The molecule has 2 heterocycles. The summed E-state index contributed by atoms with van der Waals surface area (Å²) in [5.74, 6) is 0.998. The second-order valence-electron chi connectivity index (χ2n) is 9.66. The van der Waals surface area contributed by atoms with Crippen LogP contribution in [-0.2, 0) is 21.5 Å². The Morgan fingerprint density at radius 3 is 2.23 bits per heavy atom. The van der Waals surface area contributed by atoms with Crippen molar-refractivity contribution in [2.45, 2.75) is 70.8 Å². The molecular formula is C26H35N5O4. The van der Waals surface area contributed by atoms with E-state index in [1.165, 1.54) is 6.92 Å². The number of carbonyl (C=O) groups is 3. The molecule has 0 radical (unpaired) electrons. The molecule has 1 aliphatic carbocycles. The molecule has 9 heteroatoms. The molecule has 0 unspecified atom stereocenters. The van der Waals surface area contributed by atoms with Crippen LogP contribution < -0.4 is 10.2 Å². The van der Waals surface area contributed by atoms with E-state index in [0.29, 0.717) is 43.2 Å². The summed E-state index contributed by atoms with van der Waals surface area (Å²) >= 11 is 0. The molecule has 0 bridgehead atoms. The zero-order valence-electron chi connectivity index (χ0n) is 20.7. The van der Waals surface area contributed by atoms with Gasteiger partial charge in [0.1, 0.15) is 5.54 Å². The summed E-state index contributed by atoms with van der Waals surface area (Å²) in [5, 5.41) is 7.29. The number of nitrogens with zero attached hydrogens (tertiary/aromatic N) is 4. The van der Waals surface area contributed by atoms with E-state index in [1.807, 2.05) is 29.2 Å². The summed E-state index contributed by atoms with van der Waals surface area (Å²) < 4.78 is 5.49. The summed E-state index contributed by atoms with van der Waals surface area (Å²) in [6.45, 7) is 5.87. The number of benzene rings is 1. The van der Waals surface area contributed by atoms with Crippen LogP contribution in [0.25, 0.3) is 0 Å². The highest BCUT2D eigenvalue weighted by molar-refractivity contribution is 5.94. The summed E-state index contributed by atoms with van der Waals surface area (Å²) in [7, 11) is 0. The zero-order valence-corrected chi connectivity index (χ0v) is 20.7. The number of Topliss-reactive ketones (excluding diaryl/α,β-unsaturated/α-hetero) is 1. The Hall–Kier alpha value is -3.23. The molecule has 0 spiro atoms. The lowest BCUT2D eigenvalue weighted by molar-refractivity contribution is -0.131. The summed E-state index contributed by atoms with van der Waals surface area (Å²) in [4.78, 5) is 44.9. The van der Waals surface area contributed by atoms with Gasteiger partial charge in [0.25, 0.3) is 0 Å². The molecule has 1 saturated heterocycles. The number of hydrogen-bond acceptors (Lipinski definition) is 7. The predicted octanol–water partition coefficient (Wildman–Crippen LogP) is 3.24. The lowest BCUT2D eigenvalue weighted by Gasteiger charge is -2.36. The highest BCUT2D eigenvalue weighted by Crippen LogP contribution is 2.34. The average Bonchev–Trinajstić information content (AvgIpc) is 3.22. The molecule has 2 amide bonds. The molecule has 1 saturated carbocycles. The molecule has 1 aromatic heterocycles. The van der Waals surface area contributed by atoms with Crippen LogP contribution in [-0.4, -0.2) is 58.8 Å². The van der Waals surface area contributed by atoms with Gasteiger partial charge in [-0.2, -0.15) is 4.98 Å². The topological polar surface area (TPSA) is 109 Å². The second-order valence-corrected chi connectivity index (χ2v) is 9.66. The highest BCUT2D eigenvalue weighted by Gasteiger charge is 2.38. The van der Waals surface area contributed by atoms with Crippen LogP contribution >= 0.6 is 0 Å². The summed E-state index contributed by atoms with van der Waals surface area (Å²) in [6.07, 6.45) is 6.58. The summed E-state index contributed by atoms with van der Waals surface area (Å²) in [6, 6.07) is 7.62. The molecule has 1 N–H and O–H groups in total. The van der Waals surface area contributed by atoms with Gasteiger partial charge in [-0.1, -0.05) is 30.8 Å². The highest BCUT2D eigenvalue weighted by atomic mass is 16.5. The van der Waals surface area contributed by atoms with E-state index >= 15 is 0 Å². The number of nitrogens with one attached hydrogen (secondary N) is 1. The first kappa shape index (κ1) is 24.9. The van der Waals surface area contributed by atoms with Crippen molar-refractivity contribution in [1.82, 2.24) is 20.4 Å². The fraction of sp³-hybridized carbons (Fsp3) is 0.577. The average molecular weight is 482 g/mol. The minimum absolute atomic E-state index is 0.0554. The van der Waals surface area contributed by atoms with Crippen molar-refractivity contribution in [3.05, 3.63) is 41.5 Å². The fourth-order valence-corrected chi connectivity index (χ4v) is 5.12. The van der Waals surface area contributed by atoms with E-state index in [1.54, 1.807) is 6.92 Å². The van der Waals surface area contributed by atoms with Gasteiger partial charge in [0.2, 0.25) is 17.7 Å². The lowest BCUT2D eigenvalue weighted by Crippen LogP contribution is -2.48. The number of aryl methyl sites for hydroxylation is 1. The van der Waals surface area contributed by atoms with Crippen molar-refractivity contribution in [2.75, 3.05) is 31.1 Å². The Morgan fingerprint density at radius 2 is 1.63 bits per heavy atom. The lowest BCUT2D eigenvalue weighted by atomic mass is 9.89. The Kier molecular flexibility index (Phi) is 7.83. The van der Waals surface area contributed by atoms with Gasteiger partial charge in [0.15, 0.2) is 11.6 Å². The molecule has 4 rings (SSSR count). The van der Waals surface area contributed by atoms with Crippen LogP contribution in [0, 0.1) is 0 Å². The zero-order chi connectivity index (χ0) is 24.8. The van der Waals surface area contributed by atoms with Crippen molar-refractivity contribution in [2.24, 2.45) is 0 Å². The van der Waals surface area contributed by atoms with Crippen molar-refractivity contribution in [3.63, 3.8) is 0 Å². The number of aromatic nitrogens is 2. The first-order chi connectivity index (χ1) is 16.9. The van der Waals surface area contributed by atoms with E-state index < -0.39 is 5.54 Å². The first-order valence-corrected chi connectivity index (χ1v) is 12.6. The van der Waals surface area contributed by atoms with E-state index in [2.05, 4.69) is 20.4 Å². The molecule has 2 fully saturated rings. The molecule has 188 valence electrons. The Balaban J connectivity index is 1.30. The largest absolute Gasteiger partial charge is 0.368 e. The van der Waals surface area contributed by atoms with E-state index in [-0.39, 0.29) is 17.6 Å². The van der Waals surface area contributed by atoms with Crippen LogP contribution in [0.15, 0.2) is 28.8 Å². The number of carbonyl (C=O) groups excluding carboxylic acids is 3. The SMILES string of the molecule is CC(=O)NC1(c2noc(CCC(=O)N3CCN(c4ccc(C(C)=O)cc4)CC3)n2)CCCCCC1. The molecule has 2 aromatic rings. The predicted molar refractivity (Wildman–Crippen MR) is 131 cm³/mol. The van der Waals surface area contributed by atoms with Crippen molar-refractivity contribution in [1.29, 1.82) is 0 Å². The van der Waals surface area contributed by atoms with Gasteiger partial charge in [0.05, 0.1) is 0 Å². The number of amides is 2. The second kappa shape index (κ2) is 11.0. The molecule has 2 aliphatic rings. The maximum Gasteiger partial charge on any atom is 0.227 e. The maximum absolute atomic E-state index is 12.8. The third kappa shape index (κ3) is 6.07. The molecule has 35 heavy (non-hydrogen) atoms. The number of rotatable bonds is 7. The van der Waals surface area contributed by atoms with Crippen LogP contribution in [0.5, 0.6) is 0 Å². The Labute approximate surface area is 206 Å². The van der Waals surface area contributed by atoms with Gasteiger partial charge in [0, 0.05) is 57.2 Å². The number of anilines is 1. The monoisotopic (exact) mass is 481 g/mol. The number of ketones is 1. The third-order valence-electron chi connectivity index (χ3n) is 7.09. The van der Waals surface area contributed by atoms with Gasteiger partial charge < -0.3 is 19.6 Å². The first-order valence-electron chi connectivity index (χ1n) is 12.6. The standard InChI is InChI=1S/C26H35N5O4/c1-19(32)21-7-9-22(10-8-21)30-15-17-31(18-16-30)24(34)12-11-23-27-25(29-35-23)26(28-20(2)33)13-5-3-4-6-14-26/h7-10H,3-6,11-18H2,1-2H3,(H,28,33). The van der Waals surface area contributed by atoms with Crippen molar-refractivity contribution >= 4 is 23.3 Å². The third-order valence-corrected chi connectivity index (χ3v) is 7.09. The molecule has 1 aromatic carbocycles. The van der Waals surface area contributed by atoms with E-state index in [9.17, 15) is 14.4 Å². The van der Waals surface area contributed by atoms with E-state index in [0.717, 1.165) is 57.3 Å². The maximum atomic E-state index is 12.8. The van der Waals surface area contributed by atoms with Crippen LogP contribution in [0.4, 0.5) is 5.69 Å². The number of piperazine rings is 1. The van der Waals surface area contributed by atoms with Crippen LogP contribution in [0.2, 0.25) is 0 Å². The fourth-order valence-electron chi connectivity index (χ4n) is 5.12. The van der Waals surface area contributed by atoms with E-state index in [4.69, 9.17) is 4.52 Å². The van der Waals surface area contributed by atoms with Crippen LogP contribution in [0.1, 0.15) is 80.9 Å². The molecule has 0 atom stereocenters. The smallest absolute Gasteiger partial charge is 0.227 e. The molecular weight excluding hydrogens is 446 g/mol. The van der Waals surface area contributed by atoms with Gasteiger partial charge >= 0.3 is 0 Å². The van der Waals surface area contributed by atoms with Gasteiger partial charge in [-0.05, 0) is 44.0 Å². The van der Waals surface area contributed by atoms with Crippen molar-refractivity contribution < 1.29 is 18.9 Å². The summed E-state index contributed by atoms with van der Waals surface area (Å²) in [5.41, 5.74) is 1.19. The Morgan fingerprint density at radius 1 is 0.971 bits per heavy atom.